The number of H-pyrrole nitrogens is 1. The Bertz CT molecular complexity index is 1850. The van der Waals surface area contributed by atoms with Crippen molar-refractivity contribution in [3.05, 3.63) is 94.5 Å². The van der Waals surface area contributed by atoms with Crippen molar-refractivity contribution in [2.45, 2.75) is 18.9 Å². The van der Waals surface area contributed by atoms with Crippen molar-refractivity contribution in [3.8, 4) is 23.1 Å². The lowest BCUT2D eigenvalue weighted by Crippen LogP contribution is -2.39. The third-order valence-corrected chi connectivity index (χ3v) is 7.18. The summed E-state index contributed by atoms with van der Waals surface area (Å²) in [6.07, 6.45) is 4.01. The quantitative estimate of drug-likeness (QED) is 0.249. The Hall–Kier alpha value is -5.24. The largest absolute Gasteiger partial charge is 0.473 e. The number of rotatable bonds is 9. The standard InChI is InChI=1S/C30H26F3N7O4/c31-11-16-39-14-9-21(10-15-39)43-29-26-25(8-12-34-27(26)37-38-29)44-24-6-3-19(17-23(24)33)36-28(41)22-7-13-35-40(30(22)42)20-4-1-18(32)2-5-20/h1-8,12-13,17,21H,9-11,14-16H2,(H,36,41)(H,34,37,38). The van der Waals surface area contributed by atoms with Gasteiger partial charge in [0.05, 0.1) is 5.69 Å². The van der Waals surface area contributed by atoms with Crippen molar-refractivity contribution in [3.63, 3.8) is 0 Å². The number of hydrogen-bond acceptors (Lipinski definition) is 8. The van der Waals surface area contributed by atoms with Crippen LogP contribution in [0, 0.1) is 11.6 Å². The smallest absolute Gasteiger partial charge is 0.284 e. The summed E-state index contributed by atoms with van der Waals surface area (Å²) in [6, 6.07) is 11.7. The molecule has 1 aliphatic heterocycles. The summed E-state index contributed by atoms with van der Waals surface area (Å²) in [6.45, 7) is 1.42. The molecule has 2 aromatic carbocycles. The minimum absolute atomic E-state index is 0.0794. The van der Waals surface area contributed by atoms with Crippen LogP contribution >= 0.6 is 0 Å². The first-order chi connectivity index (χ1) is 21.4. The van der Waals surface area contributed by atoms with Gasteiger partial charge in [0.1, 0.15) is 35.3 Å². The second-order valence-electron chi connectivity index (χ2n) is 10.0. The molecular weight excluding hydrogens is 579 g/mol. The highest BCUT2D eigenvalue weighted by Gasteiger charge is 2.24. The summed E-state index contributed by atoms with van der Waals surface area (Å²) in [7, 11) is 0. The number of anilines is 1. The van der Waals surface area contributed by atoms with Crippen molar-refractivity contribution in [2.75, 3.05) is 31.6 Å². The monoisotopic (exact) mass is 605 g/mol. The van der Waals surface area contributed by atoms with E-state index in [0.717, 1.165) is 10.7 Å². The Morgan fingerprint density at radius 1 is 1.02 bits per heavy atom. The molecule has 1 amide bonds. The van der Waals surface area contributed by atoms with Crippen molar-refractivity contribution in [2.24, 2.45) is 0 Å². The number of carbonyl (C=O) groups is 1. The van der Waals surface area contributed by atoms with Crippen molar-refractivity contribution in [1.82, 2.24) is 29.9 Å². The fourth-order valence-corrected chi connectivity index (χ4v) is 4.92. The molecule has 0 spiro atoms. The maximum Gasteiger partial charge on any atom is 0.284 e. The summed E-state index contributed by atoms with van der Waals surface area (Å²) in [5, 5.41) is 13.9. The predicted octanol–water partition coefficient (Wildman–Crippen LogP) is 4.64. The summed E-state index contributed by atoms with van der Waals surface area (Å²) in [5.41, 5.74) is -0.239. The van der Waals surface area contributed by atoms with Gasteiger partial charge in [-0.15, -0.1) is 5.10 Å². The van der Waals surface area contributed by atoms with Crippen LogP contribution in [0.5, 0.6) is 17.4 Å². The number of hydrogen-bond donors (Lipinski definition) is 2. The minimum Gasteiger partial charge on any atom is -0.473 e. The summed E-state index contributed by atoms with van der Waals surface area (Å²) in [4.78, 5) is 32.1. The topological polar surface area (TPSA) is 127 Å². The van der Waals surface area contributed by atoms with Gasteiger partial charge in [0.25, 0.3) is 11.5 Å². The van der Waals surface area contributed by atoms with E-state index in [1.807, 2.05) is 4.90 Å². The average Bonchev–Trinajstić information content (AvgIpc) is 3.44. The molecule has 5 aromatic rings. The Morgan fingerprint density at radius 3 is 2.57 bits per heavy atom. The van der Waals surface area contributed by atoms with Crippen molar-refractivity contribution in [1.29, 1.82) is 0 Å². The molecule has 6 rings (SSSR count). The van der Waals surface area contributed by atoms with Gasteiger partial charge in [-0.1, -0.05) is 0 Å². The lowest BCUT2D eigenvalue weighted by Gasteiger charge is -2.30. The molecule has 1 fully saturated rings. The highest BCUT2D eigenvalue weighted by molar-refractivity contribution is 6.04. The molecule has 1 aliphatic rings. The molecule has 1 saturated heterocycles. The number of likely N-dealkylation sites (tertiary alicyclic amines) is 1. The van der Waals surface area contributed by atoms with Crippen LogP contribution in [0.4, 0.5) is 18.9 Å². The maximum atomic E-state index is 15.2. The van der Waals surface area contributed by atoms with Gasteiger partial charge in [-0.2, -0.15) is 9.78 Å². The molecule has 2 N–H and O–H groups in total. The van der Waals surface area contributed by atoms with Gasteiger partial charge in [-0.25, -0.2) is 18.2 Å². The molecule has 0 atom stereocenters. The molecule has 14 heteroatoms. The minimum atomic E-state index is -0.784. The number of amides is 1. The van der Waals surface area contributed by atoms with Crippen LogP contribution in [-0.4, -0.2) is 68.2 Å². The van der Waals surface area contributed by atoms with E-state index in [-0.39, 0.29) is 40.4 Å². The van der Waals surface area contributed by atoms with Gasteiger partial charge in [-0.3, -0.25) is 14.7 Å². The zero-order valence-corrected chi connectivity index (χ0v) is 23.2. The van der Waals surface area contributed by atoms with Crippen LogP contribution in [0.3, 0.4) is 0 Å². The zero-order valence-electron chi connectivity index (χ0n) is 23.2. The van der Waals surface area contributed by atoms with Crippen LogP contribution in [0.25, 0.3) is 16.7 Å². The van der Waals surface area contributed by atoms with E-state index in [4.69, 9.17) is 9.47 Å². The normalized spacial score (nSPS) is 14.1. The van der Waals surface area contributed by atoms with Crippen LogP contribution in [0.15, 0.2) is 71.8 Å². The van der Waals surface area contributed by atoms with Gasteiger partial charge in [0, 0.05) is 49.8 Å². The highest BCUT2D eigenvalue weighted by atomic mass is 19.1. The van der Waals surface area contributed by atoms with Crippen LogP contribution in [0.1, 0.15) is 23.2 Å². The lowest BCUT2D eigenvalue weighted by molar-refractivity contribution is 0.0943. The number of fused-ring (bicyclic) bond motifs is 1. The van der Waals surface area contributed by atoms with Gasteiger partial charge in [-0.05, 0) is 55.3 Å². The Morgan fingerprint density at radius 2 is 1.82 bits per heavy atom. The van der Waals surface area contributed by atoms with Gasteiger partial charge < -0.3 is 19.7 Å². The average molecular weight is 606 g/mol. The highest BCUT2D eigenvalue weighted by Crippen LogP contribution is 2.36. The fourth-order valence-electron chi connectivity index (χ4n) is 4.92. The number of benzene rings is 2. The number of piperidine rings is 1. The predicted molar refractivity (Wildman–Crippen MR) is 154 cm³/mol. The molecule has 0 bridgehead atoms. The van der Waals surface area contributed by atoms with Crippen molar-refractivity contribution >= 4 is 22.6 Å². The van der Waals surface area contributed by atoms with E-state index in [1.54, 1.807) is 6.07 Å². The molecule has 4 heterocycles. The van der Waals surface area contributed by atoms with Crippen LogP contribution in [0.2, 0.25) is 0 Å². The maximum absolute atomic E-state index is 15.2. The summed E-state index contributed by atoms with van der Waals surface area (Å²) < 4.78 is 54.1. The van der Waals surface area contributed by atoms with Gasteiger partial charge in [0.2, 0.25) is 5.88 Å². The van der Waals surface area contributed by atoms with Crippen molar-refractivity contribution < 1.29 is 27.4 Å². The number of aromatic amines is 1. The Labute approximate surface area is 248 Å². The fraction of sp³-hybridized carbons (Fsp3) is 0.233. The molecule has 0 radical (unpaired) electrons. The first kappa shape index (κ1) is 28.9. The molecule has 0 saturated carbocycles. The van der Waals surface area contributed by atoms with E-state index in [2.05, 4.69) is 25.6 Å². The first-order valence-corrected chi connectivity index (χ1v) is 13.8. The third-order valence-electron chi connectivity index (χ3n) is 7.18. The van der Waals surface area contributed by atoms with E-state index in [9.17, 15) is 18.4 Å². The summed E-state index contributed by atoms with van der Waals surface area (Å²) in [5.74, 6) is -1.67. The molecule has 226 valence electrons. The zero-order chi connectivity index (χ0) is 30.6. The van der Waals surface area contributed by atoms with Crippen LogP contribution < -0.4 is 20.3 Å². The number of halogens is 3. The van der Waals surface area contributed by atoms with Gasteiger partial charge in [0.15, 0.2) is 17.2 Å². The van der Waals surface area contributed by atoms with E-state index < -0.39 is 29.8 Å². The number of nitrogens with zero attached hydrogens (tertiary/aromatic N) is 5. The molecule has 0 aliphatic carbocycles. The van der Waals surface area contributed by atoms with E-state index in [1.165, 1.54) is 54.9 Å². The van der Waals surface area contributed by atoms with Crippen LogP contribution in [-0.2, 0) is 0 Å². The second-order valence-corrected chi connectivity index (χ2v) is 10.0. The molecular formula is C30H26F3N7O4. The first-order valence-electron chi connectivity index (χ1n) is 13.8. The number of nitrogens with one attached hydrogen (secondary N) is 2. The lowest BCUT2D eigenvalue weighted by atomic mass is 10.1. The van der Waals surface area contributed by atoms with E-state index >= 15 is 4.39 Å². The number of pyridine rings is 1. The third kappa shape index (κ3) is 6.10. The van der Waals surface area contributed by atoms with Gasteiger partial charge >= 0.3 is 0 Å². The summed E-state index contributed by atoms with van der Waals surface area (Å²) >= 11 is 0. The molecule has 0 unspecified atom stereocenters. The number of carbonyl (C=O) groups excluding carboxylic acids is 1. The second kappa shape index (κ2) is 12.6. The van der Waals surface area contributed by atoms with E-state index in [0.29, 0.717) is 43.5 Å². The number of aromatic nitrogens is 5. The SMILES string of the molecule is O=C(Nc1ccc(Oc2ccnc3[nH]nc(OC4CCN(CCF)CC4)c23)c(F)c1)c1ccnn(-c2ccc(F)cc2)c1=O. The molecule has 11 nitrogen and oxygen atoms in total. The number of alkyl halides is 1. The Kier molecular flexibility index (Phi) is 8.23. The molecule has 3 aromatic heterocycles. The molecule has 44 heavy (non-hydrogen) atoms. The Balaban J connectivity index is 1.17. The number of ether oxygens (including phenoxy) is 2.